The van der Waals surface area contributed by atoms with Crippen LogP contribution in [0.25, 0.3) is 10.9 Å². The number of nitrogens with zero attached hydrogens (tertiary/aromatic N) is 2. The molecule has 0 aliphatic carbocycles. The third-order valence-corrected chi connectivity index (χ3v) is 6.61. The molecule has 2 amide bonds. The minimum absolute atomic E-state index is 0.0907. The second kappa shape index (κ2) is 9.88. The zero-order valence-electron chi connectivity index (χ0n) is 18.2. The Balaban J connectivity index is 1.21. The Morgan fingerprint density at radius 3 is 2.62 bits per heavy atom. The van der Waals surface area contributed by atoms with Gasteiger partial charge in [-0.25, -0.2) is 0 Å². The number of carbonyl (C=O) groups excluding carboxylic acids is 2. The number of halogens is 3. The number of aromatic nitrogens is 1. The zero-order chi connectivity index (χ0) is 24.3. The standard InChI is InChI=1S/C23H24F3N5O2S/c24-23(25,26)16-1-3-19(27)18(10-16)22(33)29-12-21(32)28-11-14-5-7-31(8-6-14)17-2-4-20-15(9-17)13-34-30-20/h1-4,9-10,13-14H,5-8,11-12,27H2,(H,28,32)(H,29,33). The van der Waals surface area contributed by atoms with Gasteiger partial charge >= 0.3 is 6.18 Å². The number of anilines is 2. The summed E-state index contributed by atoms with van der Waals surface area (Å²) >= 11 is 1.44. The van der Waals surface area contributed by atoms with Gasteiger partial charge in [0.05, 0.1) is 23.2 Å². The Morgan fingerprint density at radius 1 is 1.12 bits per heavy atom. The molecule has 0 bridgehead atoms. The molecule has 1 saturated heterocycles. The van der Waals surface area contributed by atoms with Crippen molar-refractivity contribution >= 4 is 45.6 Å². The Hall–Kier alpha value is -3.34. The summed E-state index contributed by atoms with van der Waals surface area (Å²) in [4.78, 5) is 26.7. The summed E-state index contributed by atoms with van der Waals surface area (Å²) in [6, 6.07) is 8.75. The Labute approximate surface area is 198 Å². The van der Waals surface area contributed by atoms with Gasteiger partial charge < -0.3 is 21.3 Å². The highest BCUT2D eigenvalue weighted by molar-refractivity contribution is 7.04. The molecule has 0 saturated carbocycles. The number of nitrogen functional groups attached to an aromatic ring is 1. The van der Waals surface area contributed by atoms with Gasteiger partial charge in [0.2, 0.25) is 5.91 Å². The van der Waals surface area contributed by atoms with Gasteiger partial charge in [-0.2, -0.15) is 17.5 Å². The summed E-state index contributed by atoms with van der Waals surface area (Å²) in [7, 11) is 0. The van der Waals surface area contributed by atoms with Gasteiger partial charge in [0.25, 0.3) is 5.91 Å². The maximum Gasteiger partial charge on any atom is 0.416 e. The fraction of sp³-hybridized carbons (Fsp3) is 0.348. The lowest BCUT2D eigenvalue weighted by atomic mass is 9.96. The van der Waals surface area contributed by atoms with Crippen molar-refractivity contribution in [2.24, 2.45) is 5.92 Å². The maximum atomic E-state index is 12.9. The lowest BCUT2D eigenvalue weighted by Crippen LogP contribution is -2.42. The molecular formula is C23H24F3N5O2S. The van der Waals surface area contributed by atoms with Gasteiger partial charge in [-0.3, -0.25) is 9.59 Å². The molecule has 34 heavy (non-hydrogen) atoms. The van der Waals surface area contributed by atoms with Crippen molar-refractivity contribution in [1.82, 2.24) is 15.0 Å². The number of piperidine rings is 1. The molecule has 2 aromatic carbocycles. The van der Waals surface area contributed by atoms with E-state index >= 15 is 0 Å². The highest BCUT2D eigenvalue weighted by Gasteiger charge is 2.31. The molecule has 0 radical (unpaired) electrons. The summed E-state index contributed by atoms with van der Waals surface area (Å²) in [5, 5.41) is 8.29. The fourth-order valence-corrected chi connectivity index (χ4v) is 4.59. The van der Waals surface area contributed by atoms with E-state index < -0.39 is 23.6 Å². The molecule has 1 aliphatic heterocycles. The van der Waals surface area contributed by atoms with Crippen LogP contribution in [0.15, 0.2) is 41.8 Å². The number of hydrogen-bond acceptors (Lipinski definition) is 6. The van der Waals surface area contributed by atoms with E-state index in [4.69, 9.17) is 5.73 Å². The monoisotopic (exact) mass is 491 g/mol. The molecule has 4 N–H and O–H groups in total. The molecular weight excluding hydrogens is 467 g/mol. The molecule has 3 aromatic rings. The van der Waals surface area contributed by atoms with Crippen LogP contribution in [0.4, 0.5) is 24.5 Å². The molecule has 7 nitrogen and oxygen atoms in total. The number of fused-ring (bicyclic) bond motifs is 1. The van der Waals surface area contributed by atoms with E-state index in [1.54, 1.807) is 0 Å². The average molecular weight is 492 g/mol. The summed E-state index contributed by atoms with van der Waals surface area (Å²) in [6.07, 6.45) is -2.77. The van der Waals surface area contributed by atoms with Gasteiger partial charge in [0.15, 0.2) is 0 Å². The zero-order valence-corrected chi connectivity index (χ0v) is 19.0. The molecule has 0 atom stereocenters. The van der Waals surface area contributed by atoms with Crippen LogP contribution in [0, 0.1) is 5.92 Å². The largest absolute Gasteiger partial charge is 0.416 e. The van der Waals surface area contributed by atoms with Gasteiger partial charge in [0.1, 0.15) is 0 Å². The third-order valence-electron chi connectivity index (χ3n) is 5.94. The Kier molecular flexibility index (Phi) is 6.92. The van der Waals surface area contributed by atoms with Crippen LogP contribution < -0.4 is 21.3 Å². The van der Waals surface area contributed by atoms with Crippen molar-refractivity contribution in [3.8, 4) is 0 Å². The first-order valence-electron chi connectivity index (χ1n) is 10.8. The highest BCUT2D eigenvalue weighted by atomic mass is 32.1. The van der Waals surface area contributed by atoms with Crippen molar-refractivity contribution in [3.05, 3.63) is 52.9 Å². The van der Waals surface area contributed by atoms with Crippen molar-refractivity contribution < 1.29 is 22.8 Å². The van der Waals surface area contributed by atoms with E-state index in [0.29, 0.717) is 18.5 Å². The van der Waals surface area contributed by atoms with E-state index in [-0.39, 0.29) is 17.8 Å². The normalized spacial score (nSPS) is 14.9. The molecule has 180 valence electrons. The number of carbonyl (C=O) groups is 2. The topological polar surface area (TPSA) is 100 Å². The van der Waals surface area contributed by atoms with Crippen LogP contribution in [0.5, 0.6) is 0 Å². The minimum Gasteiger partial charge on any atom is -0.398 e. The smallest absolute Gasteiger partial charge is 0.398 e. The lowest BCUT2D eigenvalue weighted by molar-refractivity contribution is -0.137. The van der Waals surface area contributed by atoms with Crippen molar-refractivity contribution in [2.45, 2.75) is 19.0 Å². The first-order chi connectivity index (χ1) is 16.2. The van der Waals surface area contributed by atoms with Gasteiger partial charge in [-0.1, -0.05) is 0 Å². The number of benzene rings is 2. The number of hydrogen-bond donors (Lipinski definition) is 3. The number of amides is 2. The molecule has 0 unspecified atom stereocenters. The molecule has 1 aliphatic rings. The lowest BCUT2D eigenvalue weighted by Gasteiger charge is -2.33. The summed E-state index contributed by atoms with van der Waals surface area (Å²) in [5.74, 6) is -0.928. The molecule has 11 heteroatoms. The van der Waals surface area contributed by atoms with Crippen LogP contribution in [0.3, 0.4) is 0 Å². The predicted octanol–water partition coefficient (Wildman–Crippen LogP) is 3.66. The number of alkyl halides is 3. The number of nitrogens with one attached hydrogen (secondary N) is 2. The summed E-state index contributed by atoms with van der Waals surface area (Å²) < 4.78 is 43.0. The van der Waals surface area contributed by atoms with Crippen LogP contribution >= 0.6 is 11.5 Å². The fourth-order valence-electron chi connectivity index (χ4n) is 3.96. The van der Waals surface area contributed by atoms with Crippen LogP contribution in [0.1, 0.15) is 28.8 Å². The van der Waals surface area contributed by atoms with Crippen LogP contribution in [0.2, 0.25) is 0 Å². The van der Waals surface area contributed by atoms with Crippen molar-refractivity contribution in [3.63, 3.8) is 0 Å². The number of nitrogens with two attached hydrogens (primary N) is 1. The Bertz CT molecular complexity index is 1190. The van der Waals surface area contributed by atoms with E-state index in [9.17, 15) is 22.8 Å². The van der Waals surface area contributed by atoms with E-state index in [1.807, 2.05) is 11.4 Å². The van der Waals surface area contributed by atoms with E-state index in [2.05, 4.69) is 32.0 Å². The maximum absolute atomic E-state index is 12.9. The second-order valence-electron chi connectivity index (χ2n) is 8.27. The third kappa shape index (κ3) is 5.58. The van der Waals surface area contributed by atoms with Crippen molar-refractivity contribution in [1.29, 1.82) is 0 Å². The van der Waals surface area contributed by atoms with Crippen LogP contribution in [-0.2, 0) is 11.0 Å². The highest BCUT2D eigenvalue weighted by Crippen LogP contribution is 2.31. The quantitative estimate of drug-likeness (QED) is 0.457. The summed E-state index contributed by atoms with van der Waals surface area (Å²) in [6.45, 7) is 1.87. The van der Waals surface area contributed by atoms with Crippen LogP contribution in [-0.4, -0.2) is 42.4 Å². The second-order valence-corrected chi connectivity index (χ2v) is 8.90. The molecule has 0 spiro atoms. The van der Waals surface area contributed by atoms with Gasteiger partial charge in [-0.15, -0.1) is 0 Å². The average Bonchev–Trinajstić information content (AvgIpc) is 3.29. The first kappa shape index (κ1) is 23.8. The minimum atomic E-state index is -4.59. The summed E-state index contributed by atoms with van der Waals surface area (Å²) in [5.41, 5.74) is 6.41. The molecule has 1 fully saturated rings. The molecule has 4 rings (SSSR count). The van der Waals surface area contributed by atoms with Gasteiger partial charge in [0, 0.05) is 41.8 Å². The SMILES string of the molecule is Nc1ccc(C(F)(F)F)cc1C(=O)NCC(=O)NCC1CCN(c2ccc3nscc3c2)CC1. The molecule has 2 heterocycles. The van der Waals surface area contributed by atoms with Crippen molar-refractivity contribution in [2.75, 3.05) is 36.8 Å². The number of rotatable bonds is 6. The van der Waals surface area contributed by atoms with E-state index in [0.717, 1.165) is 54.7 Å². The molecule has 1 aromatic heterocycles. The first-order valence-corrected chi connectivity index (χ1v) is 11.6. The van der Waals surface area contributed by atoms with Gasteiger partial charge in [-0.05, 0) is 66.7 Å². The Morgan fingerprint density at radius 2 is 1.88 bits per heavy atom. The predicted molar refractivity (Wildman–Crippen MR) is 126 cm³/mol. The van der Waals surface area contributed by atoms with E-state index in [1.165, 1.54) is 11.5 Å².